The zero-order valence-electron chi connectivity index (χ0n) is 13.8. The molecule has 3 rings (SSSR count). The molecule has 2 aromatic carbocycles. The minimum absolute atomic E-state index is 0.0443. The molecule has 122 valence electrons. The van der Waals surface area contributed by atoms with E-state index in [4.69, 9.17) is 0 Å². The number of nitrogens with zero attached hydrogens (tertiary/aromatic N) is 1. The Morgan fingerprint density at radius 1 is 1.08 bits per heavy atom. The molecule has 0 aliphatic carbocycles. The smallest absolute Gasteiger partial charge is 0.230 e. The minimum Gasteiger partial charge on any atom is -0.326 e. The number of anilines is 1. The first-order chi connectivity index (χ1) is 11.6. The fraction of sp³-hybridized carbons (Fsp3) is 0.200. The van der Waals surface area contributed by atoms with Gasteiger partial charge in [0.25, 0.3) is 0 Å². The van der Waals surface area contributed by atoms with E-state index in [1.165, 1.54) is 5.56 Å². The first-order valence-corrected chi connectivity index (χ1v) is 8.89. The normalized spacial score (nSPS) is 10.8. The largest absolute Gasteiger partial charge is 0.326 e. The van der Waals surface area contributed by atoms with E-state index in [1.54, 1.807) is 11.3 Å². The van der Waals surface area contributed by atoms with Gasteiger partial charge in [0, 0.05) is 16.6 Å². The van der Waals surface area contributed by atoms with Gasteiger partial charge in [-0.15, -0.1) is 11.3 Å². The Kier molecular flexibility index (Phi) is 5.06. The van der Waals surface area contributed by atoms with Crippen molar-refractivity contribution in [1.29, 1.82) is 0 Å². The molecule has 0 saturated carbocycles. The molecule has 0 atom stereocenters. The van der Waals surface area contributed by atoms with E-state index < -0.39 is 0 Å². The van der Waals surface area contributed by atoms with E-state index in [1.807, 2.05) is 47.8 Å². The van der Waals surface area contributed by atoms with Gasteiger partial charge >= 0.3 is 0 Å². The van der Waals surface area contributed by atoms with Gasteiger partial charge in [-0.3, -0.25) is 4.79 Å². The molecule has 0 aliphatic heterocycles. The van der Waals surface area contributed by atoms with Crippen molar-refractivity contribution in [3.63, 3.8) is 0 Å². The molecule has 0 aliphatic rings. The zero-order chi connectivity index (χ0) is 16.9. The van der Waals surface area contributed by atoms with Crippen molar-refractivity contribution in [3.8, 4) is 10.6 Å². The summed E-state index contributed by atoms with van der Waals surface area (Å²) in [6, 6.07) is 18.0. The predicted octanol–water partition coefficient (Wildman–Crippen LogP) is 5.11. The molecule has 0 bridgehead atoms. The van der Waals surface area contributed by atoms with Crippen LogP contribution in [0.15, 0.2) is 60.0 Å². The van der Waals surface area contributed by atoms with Crippen molar-refractivity contribution in [1.82, 2.24) is 4.98 Å². The van der Waals surface area contributed by atoms with E-state index in [0.717, 1.165) is 22.0 Å². The Hall–Kier alpha value is -2.46. The number of benzene rings is 2. The molecule has 3 aromatic rings. The number of nitrogens with one attached hydrogen (secondary N) is 1. The lowest BCUT2D eigenvalue weighted by Crippen LogP contribution is -2.14. The van der Waals surface area contributed by atoms with Crippen LogP contribution in [0.3, 0.4) is 0 Å². The minimum atomic E-state index is -0.0443. The Morgan fingerprint density at radius 3 is 2.46 bits per heavy atom. The number of amides is 1. The third-order valence-corrected chi connectivity index (χ3v) is 4.72. The van der Waals surface area contributed by atoms with E-state index >= 15 is 0 Å². The van der Waals surface area contributed by atoms with Crippen LogP contribution in [0, 0.1) is 0 Å². The first-order valence-electron chi connectivity index (χ1n) is 8.01. The van der Waals surface area contributed by atoms with Crippen LogP contribution in [0.5, 0.6) is 0 Å². The highest BCUT2D eigenvalue weighted by atomic mass is 32.1. The molecule has 0 radical (unpaired) electrons. The molecule has 1 aromatic heterocycles. The summed E-state index contributed by atoms with van der Waals surface area (Å²) >= 11 is 1.56. The summed E-state index contributed by atoms with van der Waals surface area (Å²) in [4.78, 5) is 16.8. The second-order valence-electron chi connectivity index (χ2n) is 6.01. The van der Waals surface area contributed by atoms with Gasteiger partial charge in [0.2, 0.25) is 5.91 Å². The molecular weight excluding hydrogens is 316 g/mol. The predicted molar refractivity (Wildman–Crippen MR) is 100 cm³/mol. The first kappa shape index (κ1) is 16.4. The summed E-state index contributed by atoms with van der Waals surface area (Å²) in [6.07, 6.45) is 0.287. The molecule has 0 saturated heterocycles. The summed E-state index contributed by atoms with van der Waals surface area (Å²) in [5, 5.41) is 5.82. The highest BCUT2D eigenvalue weighted by molar-refractivity contribution is 7.13. The summed E-state index contributed by atoms with van der Waals surface area (Å²) in [5.41, 5.74) is 3.97. The maximum absolute atomic E-state index is 12.2. The zero-order valence-corrected chi connectivity index (χ0v) is 14.6. The maximum atomic E-state index is 12.2. The molecule has 24 heavy (non-hydrogen) atoms. The Labute approximate surface area is 146 Å². The van der Waals surface area contributed by atoms with Crippen molar-refractivity contribution < 1.29 is 4.79 Å². The van der Waals surface area contributed by atoms with Gasteiger partial charge < -0.3 is 5.32 Å². The number of hydrogen-bond donors (Lipinski definition) is 1. The van der Waals surface area contributed by atoms with Crippen molar-refractivity contribution in [3.05, 3.63) is 71.2 Å². The van der Waals surface area contributed by atoms with E-state index in [0.29, 0.717) is 5.92 Å². The van der Waals surface area contributed by atoms with Crippen molar-refractivity contribution in [2.24, 2.45) is 0 Å². The number of aromatic nitrogens is 1. The third kappa shape index (κ3) is 4.09. The second kappa shape index (κ2) is 7.41. The van der Waals surface area contributed by atoms with Crippen LogP contribution >= 0.6 is 11.3 Å². The Balaban J connectivity index is 1.62. The summed E-state index contributed by atoms with van der Waals surface area (Å²) < 4.78 is 0. The summed E-state index contributed by atoms with van der Waals surface area (Å²) in [5.74, 6) is 0.443. The monoisotopic (exact) mass is 336 g/mol. The average molecular weight is 336 g/mol. The second-order valence-corrected chi connectivity index (χ2v) is 6.87. The summed E-state index contributed by atoms with van der Waals surface area (Å²) in [7, 11) is 0. The van der Waals surface area contributed by atoms with Gasteiger partial charge in [0.1, 0.15) is 5.01 Å². The number of thiazole rings is 1. The van der Waals surface area contributed by atoms with E-state index in [-0.39, 0.29) is 12.3 Å². The Morgan fingerprint density at radius 2 is 1.79 bits per heavy atom. The molecular formula is C20H20N2OS. The van der Waals surface area contributed by atoms with E-state index in [9.17, 15) is 4.79 Å². The van der Waals surface area contributed by atoms with Crippen molar-refractivity contribution in [2.45, 2.75) is 26.2 Å². The average Bonchev–Trinajstić information content (AvgIpc) is 3.04. The van der Waals surface area contributed by atoms with Gasteiger partial charge in [-0.2, -0.15) is 0 Å². The highest BCUT2D eigenvalue weighted by Gasteiger charge is 2.09. The van der Waals surface area contributed by atoms with Crippen molar-refractivity contribution in [2.75, 3.05) is 5.32 Å². The maximum Gasteiger partial charge on any atom is 0.230 e. The molecule has 1 heterocycles. The van der Waals surface area contributed by atoms with Crippen molar-refractivity contribution >= 4 is 22.9 Å². The van der Waals surface area contributed by atoms with Crippen LogP contribution in [0.2, 0.25) is 0 Å². The SMILES string of the molecule is CC(C)c1ccc(NC(=O)Cc2csc(-c3ccccc3)n2)cc1. The number of carbonyl (C=O) groups excluding carboxylic acids is 1. The lowest BCUT2D eigenvalue weighted by molar-refractivity contribution is -0.115. The molecule has 4 heteroatoms. The lowest BCUT2D eigenvalue weighted by atomic mass is 10.0. The van der Waals surface area contributed by atoms with Crippen LogP contribution in [0.1, 0.15) is 31.0 Å². The topological polar surface area (TPSA) is 42.0 Å². The number of carbonyl (C=O) groups is 1. The molecule has 0 fully saturated rings. The van der Waals surface area contributed by atoms with Crippen LogP contribution in [0.25, 0.3) is 10.6 Å². The highest BCUT2D eigenvalue weighted by Crippen LogP contribution is 2.23. The van der Waals surface area contributed by atoms with Gasteiger partial charge in [-0.1, -0.05) is 56.3 Å². The molecule has 1 amide bonds. The van der Waals surface area contributed by atoms with Crippen LogP contribution in [0.4, 0.5) is 5.69 Å². The molecule has 3 nitrogen and oxygen atoms in total. The van der Waals surface area contributed by atoms with Crippen LogP contribution in [-0.4, -0.2) is 10.9 Å². The molecule has 0 unspecified atom stereocenters. The van der Waals surface area contributed by atoms with Gasteiger partial charge in [-0.05, 0) is 23.6 Å². The van der Waals surface area contributed by atoms with Crippen LogP contribution < -0.4 is 5.32 Å². The van der Waals surface area contributed by atoms with Gasteiger partial charge in [0.05, 0.1) is 12.1 Å². The quantitative estimate of drug-likeness (QED) is 0.703. The lowest BCUT2D eigenvalue weighted by Gasteiger charge is -2.08. The third-order valence-electron chi connectivity index (χ3n) is 3.78. The molecule has 0 spiro atoms. The fourth-order valence-electron chi connectivity index (χ4n) is 2.42. The van der Waals surface area contributed by atoms with E-state index in [2.05, 4.69) is 36.3 Å². The fourth-order valence-corrected chi connectivity index (χ4v) is 3.25. The molecule has 1 N–H and O–H groups in total. The van der Waals surface area contributed by atoms with Gasteiger partial charge in [0.15, 0.2) is 0 Å². The number of hydrogen-bond acceptors (Lipinski definition) is 3. The standard InChI is InChI=1S/C20H20N2OS/c1-14(2)15-8-10-17(11-9-15)21-19(23)12-18-13-24-20(22-18)16-6-4-3-5-7-16/h3-11,13-14H,12H2,1-2H3,(H,21,23). The van der Waals surface area contributed by atoms with Gasteiger partial charge in [-0.25, -0.2) is 4.98 Å². The summed E-state index contributed by atoms with van der Waals surface area (Å²) in [6.45, 7) is 4.31. The number of rotatable bonds is 5. The Bertz CT molecular complexity index is 807. The van der Waals surface area contributed by atoms with Crippen LogP contribution in [-0.2, 0) is 11.2 Å².